The number of carbonyl (C=O) groups is 2. The standard InChI is InChI=1S/C25H25NO3/c1-17-7-3-5-9-20(17)16-24(28)23(15-19-11-13-21(27)14-12-19)26-25(29)22-10-6-4-8-18(22)2/h3-14,23,27H,15-16H2,1-2H3,(H,26,29). The average molecular weight is 387 g/mol. The van der Waals surface area contributed by atoms with E-state index in [1.54, 1.807) is 30.3 Å². The van der Waals surface area contributed by atoms with Crippen molar-refractivity contribution in [3.8, 4) is 5.75 Å². The van der Waals surface area contributed by atoms with E-state index in [-0.39, 0.29) is 23.9 Å². The minimum absolute atomic E-state index is 0.0469. The van der Waals surface area contributed by atoms with Crippen molar-refractivity contribution in [3.63, 3.8) is 0 Å². The monoisotopic (exact) mass is 387 g/mol. The van der Waals surface area contributed by atoms with E-state index in [0.717, 1.165) is 22.3 Å². The number of aromatic hydroxyl groups is 1. The summed E-state index contributed by atoms with van der Waals surface area (Å²) in [5, 5.41) is 12.4. The average Bonchev–Trinajstić information content (AvgIpc) is 2.71. The number of hydrogen-bond acceptors (Lipinski definition) is 3. The van der Waals surface area contributed by atoms with Crippen LogP contribution in [0.3, 0.4) is 0 Å². The Morgan fingerprint density at radius 2 is 1.48 bits per heavy atom. The molecule has 0 fully saturated rings. The van der Waals surface area contributed by atoms with Crippen LogP contribution >= 0.6 is 0 Å². The molecule has 3 rings (SSSR count). The number of aryl methyl sites for hydroxylation is 2. The lowest BCUT2D eigenvalue weighted by Gasteiger charge is -2.19. The van der Waals surface area contributed by atoms with E-state index in [1.807, 2.05) is 56.3 Å². The van der Waals surface area contributed by atoms with Crippen molar-refractivity contribution in [1.29, 1.82) is 0 Å². The van der Waals surface area contributed by atoms with Crippen molar-refractivity contribution in [3.05, 3.63) is 101 Å². The first kappa shape index (κ1) is 20.3. The number of amides is 1. The summed E-state index contributed by atoms with van der Waals surface area (Å²) in [7, 11) is 0. The SMILES string of the molecule is Cc1ccccc1CC(=O)C(Cc1ccc(O)cc1)NC(=O)c1ccccc1C. The van der Waals surface area contributed by atoms with Crippen molar-refractivity contribution in [2.45, 2.75) is 32.7 Å². The highest BCUT2D eigenvalue weighted by Gasteiger charge is 2.23. The largest absolute Gasteiger partial charge is 0.508 e. The zero-order chi connectivity index (χ0) is 20.8. The molecule has 0 aliphatic heterocycles. The molecule has 0 radical (unpaired) electrons. The molecule has 148 valence electrons. The molecular formula is C25H25NO3. The third-order valence-corrected chi connectivity index (χ3v) is 5.09. The van der Waals surface area contributed by atoms with Crippen LogP contribution in [-0.4, -0.2) is 22.8 Å². The summed E-state index contributed by atoms with van der Waals surface area (Å²) in [6.45, 7) is 3.85. The Kier molecular flexibility index (Phi) is 6.45. The third-order valence-electron chi connectivity index (χ3n) is 5.09. The van der Waals surface area contributed by atoms with Crippen molar-refractivity contribution in [2.24, 2.45) is 0 Å². The van der Waals surface area contributed by atoms with E-state index < -0.39 is 6.04 Å². The van der Waals surface area contributed by atoms with Crippen LogP contribution in [-0.2, 0) is 17.6 Å². The van der Waals surface area contributed by atoms with E-state index >= 15 is 0 Å². The van der Waals surface area contributed by atoms with E-state index in [4.69, 9.17) is 0 Å². The fraction of sp³-hybridized carbons (Fsp3) is 0.200. The van der Waals surface area contributed by atoms with Gasteiger partial charge in [-0.15, -0.1) is 0 Å². The Hall–Kier alpha value is -3.40. The molecule has 29 heavy (non-hydrogen) atoms. The summed E-state index contributed by atoms with van der Waals surface area (Å²) in [5.41, 5.74) is 4.30. The highest BCUT2D eigenvalue weighted by Crippen LogP contribution is 2.15. The maximum atomic E-state index is 13.1. The zero-order valence-electron chi connectivity index (χ0n) is 16.7. The Balaban J connectivity index is 1.83. The van der Waals surface area contributed by atoms with Crippen LogP contribution in [0.5, 0.6) is 5.75 Å². The first-order valence-corrected chi connectivity index (χ1v) is 9.65. The summed E-state index contributed by atoms with van der Waals surface area (Å²) in [5.74, 6) is -0.139. The van der Waals surface area contributed by atoms with Gasteiger partial charge in [0.25, 0.3) is 5.91 Å². The summed E-state index contributed by atoms with van der Waals surface area (Å²) >= 11 is 0. The lowest BCUT2D eigenvalue weighted by Crippen LogP contribution is -2.43. The summed E-state index contributed by atoms with van der Waals surface area (Å²) < 4.78 is 0. The van der Waals surface area contributed by atoms with Crippen molar-refractivity contribution in [1.82, 2.24) is 5.32 Å². The quantitative estimate of drug-likeness (QED) is 0.640. The molecule has 0 aliphatic carbocycles. The molecular weight excluding hydrogens is 362 g/mol. The molecule has 0 saturated carbocycles. The first-order valence-electron chi connectivity index (χ1n) is 9.65. The molecule has 0 spiro atoms. The number of phenols is 1. The molecule has 1 unspecified atom stereocenters. The van der Waals surface area contributed by atoms with Gasteiger partial charge in [-0.25, -0.2) is 0 Å². The predicted octanol–water partition coefficient (Wildman–Crippen LogP) is 4.16. The Labute approximate surface area is 171 Å². The van der Waals surface area contributed by atoms with E-state index in [2.05, 4.69) is 5.32 Å². The summed E-state index contributed by atoms with van der Waals surface area (Å²) in [4.78, 5) is 26.0. The van der Waals surface area contributed by atoms with E-state index in [9.17, 15) is 14.7 Å². The molecule has 0 aliphatic rings. The number of rotatable bonds is 7. The van der Waals surface area contributed by atoms with Crippen LogP contribution in [0.1, 0.15) is 32.6 Å². The number of benzene rings is 3. The molecule has 0 aromatic heterocycles. The molecule has 0 bridgehead atoms. The van der Waals surface area contributed by atoms with Crippen molar-refractivity contribution in [2.75, 3.05) is 0 Å². The van der Waals surface area contributed by atoms with Crippen LogP contribution in [0.2, 0.25) is 0 Å². The number of carbonyl (C=O) groups excluding carboxylic acids is 2. The lowest BCUT2D eigenvalue weighted by atomic mass is 9.95. The molecule has 0 heterocycles. The summed E-state index contributed by atoms with van der Waals surface area (Å²) in [6, 6.07) is 21.1. The van der Waals surface area contributed by atoms with Gasteiger partial charge in [0, 0.05) is 12.0 Å². The highest BCUT2D eigenvalue weighted by molar-refractivity contribution is 5.99. The molecule has 3 aromatic rings. The van der Waals surface area contributed by atoms with E-state index in [0.29, 0.717) is 12.0 Å². The minimum Gasteiger partial charge on any atom is -0.508 e. The van der Waals surface area contributed by atoms with Crippen LogP contribution in [0, 0.1) is 13.8 Å². The second-order valence-electron chi connectivity index (χ2n) is 7.28. The second-order valence-corrected chi connectivity index (χ2v) is 7.28. The number of hydrogen-bond donors (Lipinski definition) is 2. The zero-order valence-corrected chi connectivity index (χ0v) is 16.7. The molecule has 1 amide bonds. The molecule has 0 saturated heterocycles. The minimum atomic E-state index is -0.661. The number of ketones is 1. The van der Waals surface area contributed by atoms with Gasteiger partial charge in [-0.2, -0.15) is 0 Å². The highest BCUT2D eigenvalue weighted by atomic mass is 16.3. The van der Waals surface area contributed by atoms with Gasteiger partial charge in [-0.3, -0.25) is 9.59 Å². The second kappa shape index (κ2) is 9.20. The Morgan fingerprint density at radius 1 is 0.862 bits per heavy atom. The maximum absolute atomic E-state index is 13.1. The number of phenolic OH excluding ortho intramolecular Hbond substituents is 1. The molecule has 4 nitrogen and oxygen atoms in total. The van der Waals surface area contributed by atoms with Crippen LogP contribution in [0.4, 0.5) is 0 Å². The smallest absolute Gasteiger partial charge is 0.252 e. The summed E-state index contributed by atoms with van der Waals surface area (Å²) in [6.07, 6.45) is 0.617. The van der Waals surface area contributed by atoms with Gasteiger partial charge in [0.05, 0.1) is 6.04 Å². The van der Waals surface area contributed by atoms with Gasteiger partial charge in [0.15, 0.2) is 5.78 Å². The van der Waals surface area contributed by atoms with Crippen molar-refractivity contribution < 1.29 is 14.7 Å². The number of Topliss-reactive ketones (excluding diaryl/α,β-unsaturated/α-hetero) is 1. The van der Waals surface area contributed by atoms with Crippen LogP contribution in [0.15, 0.2) is 72.8 Å². The maximum Gasteiger partial charge on any atom is 0.252 e. The van der Waals surface area contributed by atoms with Gasteiger partial charge in [-0.1, -0.05) is 54.6 Å². The fourth-order valence-corrected chi connectivity index (χ4v) is 3.30. The molecule has 1 atom stereocenters. The fourth-order valence-electron chi connectivity index (χ4n) is 3.30. The van der Waals surface area contributed by atoms with Crippen LogP contribution in [0.25, 0.3) is 0 Å². The van der Waals surface area contributed by atoms with Crippen molar-refractivity contribution >= 4 is 11.7 Å². The topological polar surface area (TPSA) is 66.4 Å². The van der Waals surface area contributed by atoms with E-state index in [1.165, 1.54) is 0 Å². The van der Waals surface area contributed by atoms with Crippen LogP contribution < -0.4 is 5.32 Å². The number of nitrogens with one attached hydrogen (secondary N) is 1. The molecule has 2 N–H and O–H groups in total. The first-order chi connectivity index (χ1) is 13.9. The normalized spacial score (nSPS) is 11.7. The molecule has 4 heteroatoms. The Bertz CT molecular complexity index is 1010. The molecule has 3 aromatic carbocycles. The van der Waals surface area contributed by atoms with Gasteiger partial charge in [-0.05, 0) is 60.7 Å². The van der Waals surface area contributed by atoms with Gasteiger partial charge >= 0.3 is 0 Å². The third kappa shape index (κ3) is 5.32. The lowest BCUT2D eigenvalue weighted by molar-refractivity contribution is -0.120. The van der Waals surface area contributed by atoms with Gasteiger partial charge in [0.2, 0.25) is 0 Å². The van der Waals surface area contributed by atoms with Gasteiger partial charge < -0.3 is 10.4 Å². The van der Waals surface area contributed by atoms with Gasteiger partial charge in [0.1, 0.15) is 5.75 Å². The predicted molar refractivity (Wildman–Crippen MR) is 114 cm³/mol. The Morgan fingerprint density at radius 3 is 2.14 bits per heavy atom.